The summed E-state index contributed by atoms with van der Waals surface area (Å²) in [4.78, 5) is 23.6. The third-order valence-corrected chi connectivity index (χ3v) is 3.68. The first-order valence-electron chi connectivity index (χ1n) is 4.85. The molecule has 0 radical (unpaired) electrons. The first kappa shape index (κ1) is 14.1. The smallest absolute Gasteiger partial charge is 0.305 e. The molecule has 0 aliphatic heterocycles. The maximum atomic E-state index is 11.7. The number of amides is 1. The number of aliphatic carboxylic acids is 1. The third-order valence-electron chi connectivity index (χ3n) is 2.13. The van der Waals surface area contributed by atoms with Crippen LogP contribution in [0.4, 0.5) is 0 Å². The summed E-state index contributed by atoms with van der Waals surface area (Å²) in [6.07, 6.45) is -0.351. The van der Waals surface area contributed by atoms with Gasteiger partial charge in [-0.1, -0.05) is 0 Å². The number of likely N-dealkylation sites (N-methyl/N-ethyl adjacent to an activating group) is 1. The summed E-state index contributed by atoms with van der Waals surface area (Å²) >= 11 is 4.86. The van der Waals surface area contributed by atoms with E-state index in [-0.39, 0.29) is 12.3 Å². The van der Waals surface area contributed by atoms with Crippen LogP contribution < -0.4 is 5.73 Å². The van der Waals surface area contributed by atoms with Crippen molar-refractivity contribution in [2.24, 2.45) is 5.73 Å². The number of carboxylic acids is 1. The summed E-state index contributed by atoms with van der Waals surface area (Å²) in [6, 6.07) is 0.927. The van der Waals surface area contributed by atoms with E-state index in [2.05, 4.69) is 15.9 Å². The molecule has 0 aliphatic rings. The molecule has 1 rings (SSSR count). The van der Waals surface area contributed by atoms with Crippen molar-refractivity contribution in [1.29, 1.82) is 0 Å². The molecule has 5 nitrogen and oxygen atoms in total. The van der Waals surface area contributed by atoms with Crippen molar-refractivity contribution in [2.75, 3.05) is 7.05 Å². The van der Waals surface area contributed by atoms with Gasteiger partial charge in [-0.15, -0.1) is 11.3 Å². The Morgan fingerprint density at radius 2 is 2.29 bits per heavy atom. The van der Waals surface area contributed by atoms with Gasteiger partial charge >= 0.3 is 5.97 Å². The highest BCUT2D eigenvalue weighted by molar-refractivity contribution is 9.11. The molecule has 1 aromatic heterocycles. The number of carbonyl (C=O) groups excluding carboxylic acids is 1. The molecule has 0 saturated carbocycles. The van der Waals surface area contributed by atoms with Gasteiger partial charge in [0, 0.05) is 13.6 Å². The van der Waals surface area contributed by atoms with Crippen LogP contribution in [0.5, 0.6) is 0 Å². The molecule has 17 heavy (non-hydrogen) atoms. The van der Waals surface area contributed by atoms with Gasteiger partial charge in [0.25, 0.3) is 0 Å². The van der Waals surface area contributed by atoms with Crippen molar-refractivity contribution in [2.45, 2.75) is 19.0 Å². The van der Waals surface area contributed by atoms with Crippen LogP contribution in [0.3, 0.4) is 0 Å². The highest BCUT2D eigenvalue weighted by Crippen LogP contribution is 2.21. The van der Waals surface area contributed by atoms with Gasteiger partial charge in [0.2, 0.25) is 5.91 Å². The molecule has 0 fully saturated rings. The maximum absolute atomic E-state index is 11.7. The van der Waals surface area contributed by atoms with Crippen molar-refractivity contribution >= 4 is 39.1 Å². The minimum absolute atomic E-state index is 0.351. The van der Waals surface area contributed by atoms with E-state index in [9.17, 15) is 9.59 Å². The maximum Gasteiger partial charge on any atom is 0.305 e. The molecule has 94 valence electrons. The molecule has 0 aromatic carbocycles. The Morgan fingerprint density at radius 1 is 1.65 bits per heavy atom. The van der Waals surface area contributed by atoms with Crippen LogP contribution in [-0.4, -0.2) is 35.0 Å². The van der Waals surface area contributed by atoms with E-state index in [4.69, 9.17) is 10.8 Å². The van der Waals surface area contributed by atoms with Crippen molar-refractivity contribution in [3.05, 3.63) is 20.8 Å². The number of nitrogens with two attached hydrogens (primary N) is 1. The van der Waals surface area contributed by atoms with Gasteiger partial charge in [0.15, 0.2) is 0 Å². The second-order valence-electron chi connectivity index (χ2n) is 3.66. The molecule has 0 saturated heterocycles. The number of hydrogen-bond donors (Lipinski definition) is 2. The van der Waals surface area contributed by atoms with Gasteiger partial charge in [-0.2, -0.15) is 0 Å². The van der Waals surface area contributed by atoms with Crippen molar-refractivity contribution in [3.63, 3.8) is 0 Å². The lowest BCUT2D eigenvalue weighted by molar-refractivity contribution is -0.141. The van der Waals surface area contributed by atoms with E-state index in [0.29, 0.717) is 6.54 Å². The number of nitrogens with zero attached hydrogens (tertiary/aromatic N) is 1. The summed E-state index contributed by atoms with van der Waals surface area (Å²) in [5.41, 5.74) is 6.49. The van der Waals surface area contributed by atoms with Crippen LogP contribution in [-0.2, 0) is 16.1 Å². The Labute approximate surface area is 111 Å². The van der Waals surface area contributed by atoms with Gasteiger partial charge < -0.3 is 15.7 Å². The average molecular weight is 321 g/mol. The second kappa shape index (κ2) is 6.13. The van der Waals surface area contributed by atoms with Gasteiger partial charge in [0.1, 0.15) is 0 Å². The highest BCUT2D eigenvalue weighted by atomic mass is 79.9. The first-order valence-corrected chi connectivity index (χ1v) is 6.52. The molecule has 1 unspecified atom stereocenters. The van der Waals surface area contributed by atoms with Crippen LogP contribution in [0.1, 0.15) is 12.0 Å². The molecule has 7 heteroatoms. The van der Waals surface area contributed by atoms with Gasteiger partial charge in [-0.3, -0.25) is 9.59 Å². The fourth-order valence-electron chi connectivity index (χ4n) is 1.34. The summed E-state index contributed by atoms with van der Waals surface area (Å²) in [6.45, 7) is 0.425. The van der Waals surface area contributed by atoms with Crippen LogP contribution in [0, 0.1) is 0 Å². The number of rotatable bonds is 5. The summed E-state index contributed by atoms with van der Waals surface area (Å²) < 4.78 is 0.989. The zero-order chi connectivity index (χ0) is 13.0. The van der Waals surface area contributed by atoms with Crippen LogP contribution in [0.2, 0.25) is 0 Å². The number of carboxylic acid groups (broad SMARTS) is 1. The first-order chi connectivity index (χ1) is 7.90. The van der Waals surface area contributed by atoms with Crippen LogP contribution in [0.15, 0.2) is 15.2 Å². The molecular weight excluding hydrogens is 308 g/mol. The number of carbonyl (C=O) groups is 2. The van der Waals surface area contributed by atoms with E-state index in [0.717, 1.165) is 9.35 Å². The zero-order valence-corrected chi connectivity index (χ0v) is 11.6. The molecule has 1 aromatic rings. The van der Waals surface area contributed by atoms with Crippen LogP contribution >= 0.6 is 27.3 Å². The minimum Gasteiger partial charge on any atom is -0.481 e. The monoisotopic (exact) mass is 320 g/mol. The van der Waals surface area contributed by atoms with Crippen LogP contribution in [0.25, 0.3) is 0 Å². The fraction of sp³-hybridized carbons (Fsp3) is 0.400. The standard InChI is InChI=1S/C10H13BrN2O3S/c1-13(4-6-2-8(11)17-5-6)10(16)7(12)3-9(14)15/h2,5,7H,3-4,12H2,1H3,(H,14,15). The number of thiophene rings is 1. The largest absolute Gasteiger partial charge is 0.481 e. The van der Waals surface area contributed by atoms with Crippen molar-refractivity contribution in [1.82, 2.24) is 4.90 Å². The topological polar surface area (TPSA) is 83.6 Å². The molecule has 3 N–H and O–H groups in total. The van der Waals surface area contributed by atoms with Crippen molar-refractivity contribution in [3.8, 4) is 0 Å². The van der Waals surface area contributed by atoms with Gasteiger partial charge in [-0.25, -0.2) is 0 Å². The molecule has 1 amide bonds. The Bertz CT molecular complexity index is 421. The molecule has 1 heterocycles. The highest BCUT2D eigenvalue weighted by Gasteiger charge is 2.20. The molecular formula is C10H13BrN2O3S. The summed E-state index contributed by atoms with van der Waals surface area (Å²) in [7, 11) is 1.61. The number of halogens is 1. The normalized spacial score (nSPS) is 12.2. The average Bonchev–Trinajstić information content (AvgIpc) is 2.61. The van der Waals surface area contributed by atoms with E-state index >= 15 is 0 Å². The van der Waals surface area contributed by atoms with Gasteiger partial charge in [-0.05, 0) is 32.9 Å². The Balaban J connectivity index is 2.55. The van der Waals surface area contributed by atoms with Crippen molar-refractivity contribution < 1.29 is 14.7 Å². The fourth-order valence-corrected chi connectivity index (χ4v) is 2.54. The Hall–Kier alpha value is -0.920. The zero-order valence-electron chi connectivity index (χ0n) is 9.22. The minimum atomic E-state index is -1.07. The van der Waals surface area contributed by atoms with E-state index in [1.54, 1.807) is 7.05 Å². The summed E-state index contributed by atoms with van der Waals surface area (Å²) in [5, 5.41) is 10.5. The molecule has 0 bridgehead atoms. The quantitative estimate of drug-likeness (QED) is 0.855. The van der Waals surface area contributed by atoms with Gasteiger partial charge in [0.05, 0.1) is 16.2 Å². The third kappa shape index (κ3) is 4.45. The SMILES string of the molecule is CN(Cc1csc(Br)c1)C(=O)C(N)CC(=O)O. The molecule has 0 spiro atoms. The van der Waals surface area contributed by atoms with E-state index in [1.807, 2.05) is 11.4 Å². The predicted molar refractivity (Wildman–Crippen MR) is 68.7 cm³/mol. The lowest BCUT2D eigenvalue weighted by Gasteiger charge is -2.19. The summed E-state index contributed by atoms with van der Waals surface area (Å²) in [5.74, 6) is -1.44. The Kier molecular flexibility index (Phi) is 5.10. The number of hydrogen-bond acceptors (Lipinski definition) is 4. The Morgan fingerprint density at radius 3 is 2.76 bits per heavy atom. The lowest BCUT2D eigenvalue weighted by Crippen LogP contribution is -2.42. The van der Waals surface area contributed by atoms with E-state index < -0.39 is 12.0 Å². The van der Waals surface area contributed by atoms with E-state index in [1.165, 1.54) is 16.2 Å². The molecule has 0 aliphatic carbocycles. The predicted octanol–water partition coefficient (Wildman–Crippen LogP) is 1.27. The second-order valence-corrected chi connectivity index (χ2v) is 5.95. The molecule has 1 atom stereocenters. The lowest BCUT2D eigenvalue weighted by atomic mass is 10.2.